The lowest BCUT2D eigenvalue weighted by molar-refractivity contribution is 0.866. The Kier molecular flexibility index (Phi) is 2.67. The molecule has 2 heterocycles. The first kappa shape index (κ1) is 11.6. The Bertz CT molecular complexity index is 712. The molecule has 2 N–H and O–H groups in total. The lowest BCUT2D eigenvalue weighted by Crippen LogP contribution is -1.98. The van der Waals surface area contributed by atoms with E-state index in [-0.39, 0.29) is 5.95 Å². The first-order valence-corrected chi connectivity index (χ1v) is 6.23. The molecular weight excluding hydrogens is 238 g/mol. The van der Waals surface area contributed by atoms with Crippen LogP contribution in [0.4, 0.5) is 5.95 Å². The minimum atomic E-state index is 0.257. The summed E-state index contributed by atoms with van der Waals surface area (Å²) in [6.07, 6.45) is 1.72. The Labute approximate surface area is 111 Å². The number of nitrogens with two attached hydrogens (primary N) is 1. The fourth-order valence-electron chi connectivity index (χ4n) is 2.05. The second-order valence-corrected chi connectivity index (χ2v) is 4.79. The maximum absolute atomic E-state index is 5.63. The predicted octanol–water partition coefficient (Wildman–Crippen LogP) is 2.50. The zero-order valence-corrected chi connectivity index (χ0v) is 10.9. The van der Waals surface area contributed by atoms with Crippen LogP contribution in [0.15, 0.2) is 36.5 Å². The van der Waals surface area contributed by atoms with E-state index in [4.69, 9.17) is 5.73 Å². The van der Waals surface area contributed by atoms with Crippen LogP contribution in [0, 0.1) is 0 Å². The van der Waals surface area contributed by atoms with Crippen LogP contribution in [-0.4, -0.2) is 19.6 Å². The number of anilines is 1. The summed E-state index contributed by atoms with van der Waals surface area (Å²) < 4.78 is 1.67. The third kappa shape index (κ3) is 2.03. The van der Waals surface area contributed by atoms with Gasteiger partial charge in [-0.2, -0.15) is 9.50 Å². The first-order chi connectivity index (χ1) is 9.15. The topological polar surface area (TPSA) is 69.1 Å². The molecule has 0 unspecified atom stereocenters. The van der Waals surface area contributed by atoms with Gasteiger partial charge < -0.3 is 5.73 Å². The Balaban J connectivity index is 2.13. The van der Waals surface area contributed by atoms with E-state index >= 15 is 0 Å². The molecule has 0 aliphatic rings. The molecule has 96 valence electrons. The van der Waals surface area contributed by atoms with Gasteiger partial charge in [0, 0.05) is 17.8 Å². The van der Waals surface area contributed by atoms with Gasteiger partial charge in [-0.3, -0.25) is 0 Å². The van der Waals surface area contributed by atoms with E-state index < -0.39 is 0 Å². The van der Waals surface area contributed by atoms with E-state index in [9.17, 15) is 0 Å². The summed E-state index contributed by atoms with van der Waals surface area (Å²) in [5.41, 5.74) is 8.63. The minimum absolute atomic E-state index is 0.257. The van der Waals surface area contributed by atoms with E-state index in [1.807, 2.05) is 0 Å². The Hall–Kier alpha value is -2.43. The number of hydrogen-bond acceptors (Lipinski definition) is 4. The molecule has 0 fully saturated rings. The smallest absolute Gasteiger partial charge is 0.240 e. The van der Waals surface area contributed by atoms with Crippen LogP contribution in [0.25, 0.3) is 17.0 Å². The summed E-state index contributed by atoms with van der Waals surface area (Å²) in [5, 5.41) is 4.17. The monoisotopic (exact) mass is 253 g/mol. The molecule has 3 aromatic rings. The van der Waals surface area contributed by atoms with Gasteiger partial charge in [-0.05, 0) is 11.5 Å². The average Bonchev–Trinajstić information content (AvgIpc) is 2.78. The van der Waals surface area contributed by atoms with E-state index in [0.29, 0.717) is 11.6 Å². The zero-order chi connectivity index (χ0) is 13.4. The lowest BCUT2D eigenvalue weighted by Gasteiger charge is -2.07. The number of fused-ring (bicyclic) bond motifs is 1. The minimum Gasteiger partial charge on any atom is -0.366 e. The molecule has 0 spiro atoms. The second kappa shape index (κ2) is 4.35. The summed E-state index contributed by atoms with van der Waals surface area (Å²) in [7, 11) is 0. The van der Waals surface area contributed by atoms with Gasteiger partial charge in [-0.25, -0.2) is 4.98 Å². The zero-order valence-electron chi connectivity index (χ0n) is 10.9. The predicted molar refractivity (Wildman–Crippen MR) is 74.7 cm³/mol. The van der Waals surface area contributed by atoms with Gasteiger partial charge in [-0.1, -0.05) is 38.1 Å². The lowest BCUT2D eigenvalue weighted by atomic mass is 10.0. The van der Waals surface area contributed by atoms with E-state index in [0.717, 1.165) is 11.4 Å². The standard InChI is InChI=1S/C14H15N5/c1-9(2)10-3-5-11(6-4-10)13-16-8-7-12-17-14(15)18-19(12)13/h3-9H,1-2H3,(H2,15,18). The van der Waals surface area contributed by atoms with Crippen LogP contribution in [0.5, 0.6) is 0 Å². The van der Waals surface area contributed by atoms with Crippen molar-refractivity contribution in [2.45, 2.75) is 19.8 Å². The molecule has 0 saturated heterocycles. The molecular formula is C14H15N5. The Morgan fingerprint density at radius 2 is 1.84 bits per heavy atom. The molecule has 0 atom stereocenters. The third-order valence-corrected chi connectivity index (χ3v) is 3.11. The van der Waals surface area contributed by atoms with Gasteiger partial charge in [0.1, 0.15) is 0 Å². The number of benzene rings is 1. The van der Waals surface area contributed by atoms with Crippen molar-refractivity contribution in [1.82, 2.24) is 19.6 Å². The van der Waals surface area contributed by atoms with Crippen molar-refractivity contribution in [3.8, 4) is 11.4 Å². The molecule has 2 aromatic heterocycles. The largest absolute Gasteiger partial charge is 0.366 e. The van der Waals surface area contributed by atoms with Crippen molar-refractivity contribution in [3.05, 3.63) is 42.1 Å². The van der Waals surface area contributed by atoms with Crippen molar-refractivity contribution in [2.75, 3.05) is 5.73 Å². The highest BCUT2D eigenvalue weighted by Crippen LogP contribution is 2.21. The fraction of sp³-hybridized carbons (Fsp3) is 0.214. The molecule has 3 rings (SSSR count). The van der Waals surface area contributed by atoms with Crippen molar-refractivity contribution in [3.63, 3.8) is 0 Å². The molecule has 5 nitrogen and oxygen atoms in total. The van der Waals surface area contributed by atoms with Crippen molar-refractivity contribution in [1.29, 1.82) is 0 Å². The number of nitrogen functional groups attached to an aromatic ring is 1. The van der Waals surface area contributed by atoms with Crippen LogP contribution in [-0.2, 0) is 0 Å². The molecule has 0 aliphatic carbocycles. The molecule has 5 heteroatoms. The summed E-state index contributed by atoms with van der Waals surface area (Å²) in [6.45, 7) is 4.35. The van der Waals surface area contributed by atoms with Crippen molar-refractivity contribution in [2.24, 2.45) is 0 Å². The normalized spacial score (nSPS) is 11.3. The SMILES string of the molecule is CC(C)c1ccc(-c2nccc3nc(N)nn23)cc1. The molecule has 1 aromatic carbocycles. The molecule has 0 bridgehead atoms. The molecule has 0 saturated carbocycles. The molecule has 0 aliphatic heterocycles. The quantitative estimate of drug-likeness (QED) is 0.761. The highest BCUT2D eigenvalue weighted by atomic mass is 15.3. The van der Waals surface area contributed by atoms with E-state index in [2.05, 4.69) is 53.2 Å². The van der Waals surface area contributed by atoms with Crippen LogP contribution in [0.1, 0.15) is 25.3 Å². The number of rotatable bonds is 2. The number of nitrogens with zero attached hydrogens (tertiary/aromatic N) is 4. The fourth-order valence-corrected chi connectivity index (χ4v) is 2.05. The molecule has 0 radical (unpaired) electrons. The third-order valence-electron chi connectivity index (χ3n) is 3.11. The summed E-state index contributed by atoms with van der Waals surface area (Å²) >= 11 is 0. The maximum Gasteiger partial charge on any atom is 0.240 e. The highest BCUT2D eigenvalue weighted by molar-refractivity contribution is 5.59. The number of aromatic nitrogens is 4. The summed E-state index contributed by atoms with van der Waals surface area (Å²) in [6, 6.07) is 10.1. The van der Waals surface area contributed by atoms with Gasteiger partial charge in [0.15, 0.2) is 11.5 Å². The van der Waals surface area contributed by atoms with Gasteiger partial charge in [0.25, 0.3) is 0 Å². The second-order valence-electron chi connectivity index (χ2n) is 4.79. The highest BCUT2D eigenvalue weighted by Gasteiger charge is 2.08. The van der Waals surface area contributed by atoms with Gasteiger partial charge in [0.05, 0.1) is 0 Å². The van der Waals surface area contributed by atoms with Crippen molar-refractivity contribution >= 4 is 11.6 Å². The van der Waals surface area contributed by atoms with Crippen LogP contribution < -0.4 is 5.73 Å². The van der Waals surface area contributed by atoms with E-state index in [1.165, 1.54) is 5.56 Å². The van der Waals surface area contributed by atoms with Gasteiger partial charge >= 0.3 is 0 Å². The first-order valence-electron chi connectivity index (χ1n) is 6.23. The van der Waals surface area contributed by atoms with Gasteiger partial charge in [0.2, 0.25) is 5.95 Å². The average molecular weight is 253 g/mol. The summed E-state index contributed by atoms with van der Waals surface area (Å²) in [5.74, 6) is 1.52. The van der Waals surface area contributed by atoms with Crippen LogP contribution in [0.3, 0.4) is 0 Å². The van der Waals surface area contributed by atoms with Gasteiger partial charge in [-0.15, -0.1) is 5.10 Å². The van der Waals surface area contributed by atoms with E-state index in [1.54, 1.807) is 16.8 Å². The molecule has 0 amide bonds. The van der Waals surface area contributed by atoms with Crippen LogP contribution in [0.2, 0.25) is 0 Å². The maximum atomic E-state index is 5.63. The summed E-state index contributed by atoms with van der Waals surface area (Å²) in [4.78, 5) is 8.50. The molecule has 19 heavy (non-hydrogen) atoms. The Morgan fingerprint density at radius 1 is 1.11 bits per heavy atom. The Morgan fingerprint density at radius 3 is 2.53 bits per heavy atom. The van der Waals surface area contributed by atoms with Crippen LogP contribution >= 0.6 is 0 Å². The van der Waals surface area contributed by atoms with Crippen molar-refractivity contribution < 1.29 is 0 Å². The number of hydrogen-bond donors (Lipinski definition) is 1.